The third-order valence-electron chi connectivity index (χ3n) is 2.93. The van der Waals surface area contributed by atoms with Gasteiger partial charge in [0.2, 0.25) is 15.9 Å². The van der Waals surface area contributed by atoms with Gasteiger partial charge in [-0.15, -0.1) is 0 Å². The van der Waals surface area contributed by atoms with Crippen molar-refractivity contribution in [3.05, 3.63) is 35.6 Å². The molecule has 1 N–H and O–H groups in total. The van der Waals surface area contributed by atoms with Crippen molar-refractivity contribution in [1.29, 1.82) is 0 Å². The predicted octanol–water partition coefficient (Wildman–Crippen LogP) is 1.15. The van der Waals surface area contributed by atoms with Crippen LogP contribution in [0.4, 0.5) is 4.39 Å². The Labute approximate surface area is 125 Å². The van der Waals surface area contributed by atoms with Gasteiger partial charge in [0.25, 0.3) is 0 Å². The van der Waals surface area contributed by atoms with Crippen molar-refractivity contribution in [1.82, 2.24) is 9.62 Å². The standard InChI is InChI=1S/C14H21FN2O3S/c1-11(2)17(21(3,19)20)9-8-16-14(18)10-12-4-6-13(15)7-5-12/h4-7,11H,8-10H2,1-3H3,(H,16,18). The molecule has 0 aliphatic heterocycles. The quantitative estimate of drug-likeness (QED) is 0.821. The highest BCUT2D eigenvalue weighted by atomic mass is 32.2. The molecular formula is C14H21FN2O3S. The molecule has 0 aliphatic rings. The monoisotopic (exact) mass is 316 g/mol. The van der Waals surface area contributed by atoms with Gasteiger partial charge in [-0.2, -0.15) is 4.31 Å². The van der Waals surface area contributed by atoms with Crippen LogP contribution in [0, 0.1) is 5.82 Å². The van der Waals surface area contributed by atoms with E-state index in [2.05, 4.69) is 5.32 Å². The number of halogens is 1. The maximum atomic E-state index is 12.7. The van der Waals surface area contributed by atoms with Gasteiger partial charge in [0, 0.05) is 19.1 Å². The van der Waals surface area contributed by atoms with Gasteiger partial charge in [0.05, 0.1) is 12.7 Å². The number of amides is 1. The van der Waals surface area contributed by atoms with Crippen molar-refractivity contribution in [3.63, 3.8) is 0 Å². The lowest BCUT2D eigenvalue weighted by Gasteiger charge is -2.23. The number of carbonyl (C=O) groups excluding carboxylic acids is 1. The molecule has 0 aromatic heterocycles. The molecule has 0 saturated carbocycles. The van der Waals surface area contributed by atoms with Gasteiger partial charge < -0.3 is 5.32 Å². The number of nitrogens with zero attached hydrogens (tertiary/aromatic N) is 1. The Kier molecular flexibility index (Phi) is 6.29. The van der Waals surface area contributed by atoms with Crippen molar-refractivity contribution in [3.8, 4) is 0 Å². The summed E-state index contributed by atoms with van der Waals surface area (Å²) in [6, 6.07) is 5.53. The lowest BCUT2D eigenvalue weighted by molar-refractivity contribution is -0.120. The van der Waals surface area contributed by atoms with Crippen molar-refractivity contribution < 1.29 is 17.6 Å². The maximum absolute atomic E-state index is 12.7. The molecule has 0 radical (unpaired) electrons. The minimum absolute atomic E-state index is 0.140. The summed E-state index contributed by atoms with van der Waals surface area (Å²) in [5.74, 6) is -0.571. The summed E-state index contributed by atoms with van der Waals surface area (Å²) >= 11 is 0. The lowest BCUT2D eigenvalue weighted by Crippen LogP contribution is -2.42. The molecule has 21 heavy (non-hydrogen) atoms. The van der Waals surface area contributed by atoms with E-state index in [1.54, 1.807) is 26.0 Å². The summed E-state index contributed by atoms with van der Waals surface area (Å²) in [5, 5.41) is 2.66. The molecule has 0 spiro atoms. The van der Waals surface area contributed by atoms with Gasteiger partial charge in [-0.05, 0) is 31.5 Å². The van der Waals surface area contributed by atoms with Crippen molar-refractivity contribution >= 4 is 15.9 Å². The van der Waals surface area contributed by atoms with E-state index >= 15 is 0 Å². The highest BCUT2D eigenvalue weighted by Crippen LogP contribution is 2.05. The van der Waals surface area contributed by atoms with Gasteiger partial charge in [0.15, 0.2) is 0 Å². The second-order valence-corrected chi connectivity index (χ2v) is 7.06. The summed E-state index contributed by atoms with van der Waals surface area (Å²) in [6.07, 6.45) is 1.29. The van der Waals surface area contributed by atoms with Gasteiger partial charge in [-0.3, -0.25) is 4.79 Å². The molecule has 0 unspecified atom stereocenters. The van der Waals surface area contributed by atoms with E-state index in [9.17, 15) is 17.6 Å². The van der Waals surface area contributed by atoms with Gasteiger partial charge >= 0.3 is 0 Å². The first kappa shape index (κ1) is 17.6. The Hall–Kier alpha value is -1.47. The fraction of sp³-hybridized carbons (Fsp3) is 0.500. The summed E-state index contributed by atoms with van der Waals surface area (Å²) in [5.41, 5.74) is 0.706. The number of benzene rings is 1. The molecule has 1 aromatic carbocycles. The smallest absolute Gasteiger partial charge is 0.224 e. The fourth-order valence-electron chi connectivity index (χ4n) is 1.96. The molecule has 0 bridgehead atoms. The van der Waals surface area contributed by atoms with Crippen LogP contribution in [0.1, 0.15) is 19.4 Å². The maximum Gasteiger partial charge on any atom is 0.224 e. The third-order valence-corrected chi connectivity index (χ3v) is 4.39. The normalized spacial score (nSPS) is 11.9. The van der Waals surface area contributed by atoms with E-state index in [-0.39, 0.29) is 37.3 Å². The number of carbonyl (C=O) groups is 1. The first-order valence-electron chi connectivity index (χ1n) is 6.68. The predicted molar refractivity (Wildman–Crippen MR) is 79.8 cm³/mol. The van der Waals surface area contributed by atoms with Crippen molar-refractivity contribution in [2.75, 3.05) is 19.3 Å². The molecule has 0 aliphatic carbocycles. The molecule has 0 heterocycles. The Morgan fingerprint density at radius 1 is 1.29 bits per heavy atom. The van der Waals surface area contributed by atoms with Crippen LogP contribution in [0.5, 0.6) is 0 Å². The second kappa shape index (κ2) is 7.51. The number of rotatable bonds is 7. The Morgan fingerprint density at radius 3 is 2.33 bits per heavy atom. The zero-order chi connectivity index (χ0) is 16.0. The van der Waals surface area contributed by atoms with E-state index in [0.29, 0.717) is 5.56 Å². The number of hydrogen-bond donors (Lipinski definition) is 1. The average Bonchev–Trinajstić information content (AvgIpc) is 2.35. The third kappa shape index (κ3) is 6.22. The van der Waals surface area contributed by atoms with Crippen molar-refractivity contribution in [2.24, 2.45) is 0 Å². The minimum Gasteiger partial charge on any atom is -0.354 e. The Bertz CT molecular complexity index is 570. The van der Waals surface area contributed by atoms with Crippen LogP contribution < -0.4 is 5.32 Å². The van der Waals surface area contributed by atoms with Gasteiger partial charge in [-0.25, -0.2) is 12.8 Å². The first-order chi connectivity index (χ1) is 9.70. The molecule has 5 nitrogen and oxygen atoms in total. The molecule has 7 heteroatoms. The Morgan fingerprint density at radius 2 is 1.86 bits per heavy atom. The molecule has 0 fully saturated rings. The summed E-state index contributed by atoms with van der Waals surface area (Å²) in [6.45, 7) is 4.03. The van der Waals surface area contributed by atoms with Crippen LogP contribution in [0.3, 0.4) is 0 Å². The van der Waals surface area contributed by atoms with Crippen LogP contribution in [0.15, 0.2) is 24.3 Å². The zero-order valence-electron chi connectivity index (χ0n) is 12.5. The van der Waals surface area contributed by atoms with E-state index in [4.69, 9.17) is 0 Å². The minimum atomic E-state index is -3.29. The fourth-order valence-corrected chi connectivity index (χ4v) is 3.15. The topological polar surface area (TPSA) is 66.5 Å². The molecule has 118 valence electrons. The summed E-state index contributed by atoms with van der Waals surface area (Å²) in [7, 11) is -3.29. The average molecular weight is 316 g/mol. The van der Waals surface area contributed by atoms with Crippen molar-refractivity contribution in [2.45, 2.75) is 26.3 Å². The summed E-state index contributed by atoms with van der Waals surface area (Å²) < 4.78 is 37.2. The first-order valence-corrected chi connectivity index (χ1v) is 8.53. The van der Waals surface area contributed by atoms with E-state index < -0.39 is 10.0 Å². The van der Waals surface area contributed by atoms with Crippen LogP contribution in [0.25, 0.3) is 0 Å². The van der Waals surface area contributed by atoms with Gasteiger partial charge in [-0.1, -0.05) is 12.1 Å². The SMILES string of the molecule is CC(C)N(CCNC(=O)Cc1ccc(F)cc1)S(C)(=O)=O. The van der Waals surface area contributed by atoms with E-state index in [1.165, 1.54) is 16.4 Å². The molecule has 0 saturated heterocycles. The van der Waals surface area contributed by atoms with E-state index in [0.717, 1.165) is 6.26 Å². The second-order valence-electron chi connectivity index (χ2n) is 5.12. The van der Waals surface area contributed by atoms with Crippen LogP contribution in [-0.4, -0.2) is 44.0 Å². The van der Waals surface area contributed by atoms with E-state index in [1.807, 2.05) is 0 Å². The Balaban J connectivity index is 2.44. The number of hydrogen-bond acceptors (Lipinski definition) is 3. The lowest BCUT2D eigenvalue weighted by atomic mass is 10.1. The highest BCUT2D eigenvalue weighted by Gasteiger charge is 2.19. The zero-order valence-corrected chi connectivity index (χ0v) is 13.3. The van der Waals surface area contributed by atoms with Crippen LogP contribution >= 0.6 is 0 Å². The number of nitrogens with one attached hydrogen (secondary N) is 1. The summed E-state index contributed by atoms with van der Waals surface area (Å²) in [4.78, 5) is 11.7. The molecule has 0 atom stereocenters. The molecule has 1 amide bonds. The van der Waals surface area contributed by atoms with Gasteiger partial charge in [0.1, 0.15) is 5.82 Å². The largest absolute Gasteiger partial charge is 0.354 e. The van der Waals surface area contributed by atoms with Crippen LogP contribution in [0.2, 0.25) is 0 Å². The highest BCUT2D eigenvalue weighted by molar-refractivity contribution is 7.88. The molecule has 1 aromatic rings. The van der Waals surface area contributed by atoms with Crippen LogP contribution in [-0.2, 0) is 21.2 Å². The number of sulfonamides is 1. The molecular weight excluding hydrogens is 295 g/mol. The molecule has 1 rings (SSSR count).